The molecule has 0 aromatic heterocycles. The predicted octanol–water partition coefficient (Wildman–Crippen LogP) is 2.73. The van der Waals surface area contributed by atoms with Gasteiger partial charge in [-0.2, -0.15) is 0 Å². The summed E-state index contributed by atoms with van der Waals surface area (Å²) in [6, 6.07) is 17.3. The van der Waals surface area contributed by atoms with Crippen molar-refractivity contribution in [1.82, 2.24) is 0 Å². The van der Waals surface area contributed by atoms with E-state index in [1.807, 2.05) is 42.5 Å². The van der Waals surface area contributed by atoms with Crippen LogP contribution in [0, 0.1) is 0 Å². The van der Waals surface area contributed by atoms with Gasteiger partial charge >= 0.3 is 0 Å². The quantitative estimate of drug-likeness (QED) is 0.773. The van der Waals surface area contributed by atoms with Gasteiger partial charge in [-0.05, 0) is 36.6 Å². The summed E-state index contributed by atoms with van der Waals surface area (Å²) in [5.41, 5.74) is 8.57. The number of rotatable bonds is 7. The third-order valence-corrected chi connectivity index (χ3v) is 3.25. The van der Waals surface area contributed by atoms with E-state index in [-0.39, 0.29) is 5.91 Å². The molecule has 4 heteroatoms. The first-order chi connectivity index (χ1) is 10.6. The number of benzene rings is 2. The molecule has 1 atom stereocenters. The van der Waals surface area contributed by atoms with Crippen LogP contribution in [0.15, 0.2) is 54.6 Å². The second-order valence-corrected chi connectivity index (χ2v) is 5.27. The lowest BCUT2D eigenvalue weighted by Gasteiger charge is -2.10. The number of anilines is 1. The Bertz CT molecular complexity index is 597. The van der Waals surface area contributed by atoms with Gasteiger partial charge in [0, 0.05) is 5.69 Å². The van der Waals surface area contributed by atoms with E-state index in [0.717, 1.165) is 17.7 Å². The fraction of sp³-hybridized carbons (Fsp3) is 0.278. The maximum atomic E-state index is 11.6. The molecule has 0 aliphatic heterocycles. The number of nitrogens with one attached hydrogen (secondary N) is 1. The Kier molecular flexibility index (Phi) is 6.13. The largest absolute Gasteiger partial charge is 0.376 e. The highest BCUT2D eigenvalue weighted by Crippen LogP contribution is 2.12. The number of nitrogens with two attached hydrogens (primary N) is 1. The van der Waals surface area contributed by atoms with Crippen LogP contribution >= 0.6 is 0 Å². The Labute approximate surface area is 131 Å². The van der Waals surface area contributed by atoms with E-state index in [9.17, 15) is 4.79 Å². The molecule has 2 aromatic rings. The molecule has 2 rings (SSSR count). The maximum absolute atomic E-state index is 11.6. The Balaban J connectivity index is 1.79. The van der Waals surface area contributed by atoms with Crippen molar-refractivity contribution in [3.05, 3.63) is 65.7 Å². The molecule has 0 radical (unpaired) electrons. The number of hydrogen-bond donors (Lipinski definition) is 2. The van der Waals surface area contributed by atoms with Gasteiger partial charge in [-0.3, -0.25) is 4.79 Å². The van der Waals surface area contributed by atoms with Crippen LogP contribution in [0.5, 0.6) is 0 Å². The van der Waals surface area contributed by atoms with Gasteiger partial charge in [0.2, 0.25) is 5.91 Å². The van der Waals surface area contributed by atoms with Crippen molar-refractivity contribution in [3.8, 4) is 0 Å². The standard InChI is InChI=1S/C18H22N2O2/c1-14(19)18(21)20-17-9-5-8-16(12-17)13-22-11-10-15-6-3-2-4-7-15/h2-9,12,14H,10-11,13,19H2,1H3,(H,20,21)/t14-/m0/s1. The molecule has 0 saturated heterocycles. The lowest BCUT2D eigenvalue weighted by atomic mass is 10.2. The molecule has 116 valence electrons. The predicted molar refractivity (Wildman–Crippen MR) is 88.5 cm³/mol. The number of ether oxygens (including phenoxy) is 1. The van der Waals surface area contributed by atoms with Crippen LogP contribution < -0.4 is 11.1 Å². The zero-order chi connectivity index (χ0) is 15.8. The van der Waals surface area contributed by atoms with Crippen molar-refractivity contribution in [2.75, 3.05) is 11.9 Å². The van der Waals surface area contributed by atoms with Gasteiger partial charge in [0.15, 0.2) is 0 Å². The monoisotopic (exact) mass is 298 g/mol. The molecule has 0 unspecified atom stereocenters. The summed E-state index contributed by atoms with van der Waals surface area (Å²) < 4.78 is 5.69. The van der Waals surface area contributed by atoms with Crippen molar-refractivity contribution in [3.63, 3.8) is 0 Å². The van der Waals surface area contributed by atoms with Crippen LogP contribution in [0.1, 0.15) is 18.1 Å². The highest BCUT2D eigenvalue weighted by atomic mass is 16.5. The molecule has 22 heavy (non-hydrogen) atoms. The van der Waals surface area contributed by atoms with Crippen LogP contribution in [0.3, 0.4) is 0 Å². The average Bonchev–Trinajstić information content (AvgIpc) is 2.53. The first kappa shape index (κ1) is 16.2. The average molecular weight is 298 g/mol. The second kappa shape index (κ2) is 8.32. The van der Waals surface area contributed by atoms with Gasteiger partial charge in [-0.25, -0.2) is 0 Å². The molecular weight excluding hydrogens is 276 g/mol. The zero-order valence-corrected chi connectivity index (χ0v) is 12.8. The summed E-state index contributed by atoms with van der Waals surface area (Å²) in [6.07, 6.45) is 0.891. The highest BCUT2D eigenvalue weighted by Gasteiger charge is 2.07. The van der Waals surface area contributed by atoms with E-state index in [1.165, 1.54) is 5.56 Å². The molecule has 0 bridgehead atoms. The molecule has 0 fully saturated rings. The van der Waals surface area contributed by atoms with Crippen molar-refractivity contribution in [1.29, 1.82) is 0 Å². The van der Waals surface area contributed by atoms with Crippen LogP contribution in [-0.4, -0.2) is 18.6 Å². The summed E-state index contributed by atoms with van der Waals surface area (Å²) in [6.45, 7) is 2.85. The van der Waals surface area contributed by atoms with E-state index in [0.29, 0.717) is 13.2 Å². The van der Waals surface area contributed by atoms with Gasteiger partial charge in [0.25, 0.3) is 0 Å². The summed E-state index contributed by atoms with van der Waals surface area (Å²) >= 11 is 0. The van der Waals surface area contributed by atoms with Gasteiger partial charge < -0.3 is 15.8 Å². The highest BCUT2D eigenvalue weighted by molar-refractivity contribution is 5.94. The third-order valence-electron chi connectivity index (χ3n) is 3.25. The van der Waals surface area contributed by atoms with E-state index < -0.39 is 6.04 Å². The SMILES string of the molecule is C[C@H](N)C(=O)Nc1cccc(COCCc2ccccc2)c1. The van der Waals surface area contributed by atoms with E-state index in [2.05, 4.69) is 17.4 Å². The fourth-order valence-corrected chi connectivity index (χ4v) is 2.02. The number of hydrogen-bond acceptors (Lipinski definition) is 3. The molecular formula is C18H22N2O2. The fourth-order valence-electron chi connectivity index (χ4n) is 2.02. The number of amides is 1. The lowest BCUT2D eigenvalue weighted by Crippen LogP contribution is -2.32. The Morgan fingerprint density at radius 1 is 1.14 bits per heavy atom. The molecule has 0 spiro atoms. The maximum Gasteiger partial charge on any atom is 0.240 e. The minimum absolute atomic E-state index is 0.192. The number of carbonyl (C=O) groups excluding carboxylic acids is 1. The molecule has 1 amide bonds. The van der Waals surface area contributed by atoms with Crippen LogP contribution in [0.25, 0.3) is 0 Å². The van der Waals surface area contributed by atoms with Crippen molar-refractivity contribution < 1.29 is 9.53 Å². The molecule has 2 aromatic carbocycles. The molecule has 0 aliphatic rings. The summed E-state index contributed by atoms with van der Waals surface area (Å²) in [5.74, 6) is -0.192. The van der Waals surface area contributed by atoms with Gasteiger partial charge in [0.05, 0.1) is 19.3 Å². The lowest BCUT2D eigenvalue weighted by molar-refractivity contribution is -0.117. The van der Waals surface area contributed by atoms with Gasteiger partial charge in [0.1, 0.15) is 0 Å². The van der Waals surface area contributed by atoms with Crippen LogP contribution in [-0.2, 0) is 22.6 Å². The van der Waals surface area contributed by atoms with Crippen LogP contribution in [0.4, 0.5) is 5.69 Å². The first-order valence-corrected chi connectivity index (χ1v) is 7.42. The van der Waals surface area contributed by atoms with Crippen molar-refractivity contribution >= 4 is 11.6 Å². The van der Waals surface area contributed by atoms with Gasteiger partial charge in [-0.1, -0.05) is 42.5 Å². The second-order valence-electron chi connectivity index (χ2n) is 5.27. The van der Waals surface area contributed by atoms with Crippen LogP contribution in [0.2, 0.25) is 0 Å². The van der Waals surface area contributed by atoms with E-state index >= 15 is 0 Å². The molecule has 4 nitrogen and oxygen atoms in total. The Hall–Kier alpha value is -2.17. The summed E-state index contributed by atoms with van der Waals surface area (Å²) in [4.78, 5) is 11.6. The Morgan fingerprint density at radius 3 is 2.59 bits per heavy atom. The van der Waals surface area contributed by atoms with Crippen molar-refractivity contribution in [2.24, 2.45) is 5.73 Å². The molecule has 0 heterocycles. The molecule has 0 saturated carbocycles. The van der Waals surface area contributed by atoms with E-state index in [1.54, 1.807) is 6.92 Å². The third kappa shape index (κ3) is 5.31. The molecule has 0 aliphatic carbocycles. The van der Waals surface area contributed by atoms with E-state index in [4.69, 9.17) is 10.5 Å². The normalized spacial score (nSPS) is 11.9. The zero-order valence-electron chi connectivity index (χ0n) is 12.8. The van der Waals surface area contributed by atoms with Crippen molar-refractivity contribution in [2.45, 2.75) is 26.0 Å². The smallest absolute Gasteiger partial charge is 0.240 e. The first-order valence-electron chi connectivity index (χ1n) is 7.42. The molecule has 3 N–H and O–H groups in total. The van der Waals surface area contributed by atoms with Gasteiger partial charge in [-0.15, -0.1) is 0 Å². The Morgan fingerprint density at radius 2 is 1.86 bits per heavy atom. The summed E-state index contributed by atoms with van der Waals surface area (Å²) in [5, 5.41) is 2.78. The minimum Gasteiger partial charge on any atom is -0.376 e. The number of carbonyl (C=O) groups is 1. The summed E-state index contributed by atoms with van der Waals surface area (Å²) in [7, 11) is 0. The minimum atomic E-state index is -0.522. The topological polar surface area (TPSA) is 64.4 Å².